The third-order valence-corrected chi connectivity index (χ3v) is 6.35. The van der Waals surface area contributed by atoms with E-state index in [1.165, 1.54) is 7.05 Å². The summed E-state index contributed by atoms with van der Waals surface area (Å²) in [6.45, 7) is 4.12. The first-order valence-corrected chi connectivity index (χ1v) is 9.55. The zero-order valence-corrected chi connectivity index (χ0v) is 15.9. The third kappa shape index (κ3) is 6.75. The smallest absolute Gasteiger partial charge is 0.296 e. The highest BCUT2D eigenvalue weighted by Crippen LogP contribution is 2.40. The Bertz CT molecular complexity index is 388. The van der Waals surface area contributed by atoms with Gasteiger partial charge in [-0.25, -0.2) is 9.10 Å². The van der Waals surface area contributed by atoms with Crippen molar-refractivity contribution in [2.45, 2.75) is 28.1 Å². The van der Waals surface area contributed by atoms with E-state index in [0.717, 1.165) is 39.2 Å². The third-order valence-electron chi connectivity index (χ3n) is 2.21. The molecule has 1 rings (SSSR count). The van der Waals surface area contributed by atoms with E-state index < -0.39 is 9.22 Å². The molecule has 1 aliphatic heterocycles. The number of carbonyl (C=O) groups excluding carboxylic acids is 1. The van der Waals surface area contributed by atoms with Crippen molar-refractivity contribution >= 4 is 81.4 Å². The van der Waals surface area contributed by atoms with Gasteiger partial charge in [-0.1, -0.05) is 40.0 Å². The summed E-state index contributed by atoms with van der Waals surface area (Å²) in [5, 5.41) is 4.76. The molecule has 0 N–H and O–H groups in total. The van der Waals surface area contributed by atoms with Crippen molar-refractivity contribution in [2.75, 3.05) is 18.6 Å². The van der Waals surface area contributed by atoms with Gasteiger partial charge in [0.1, 0.15) is 5.04 Å². The molecule has 0 spiro atoms. The fraction of sp³-hybridized carbons (Fsp3) is 0.800. The molecule has 0 saturated carbocycles. The van der Waals surface area contributed by atoms with E-state index in [4.69, 9.17) is 39.6 Å². The molecule has 1 amide bonds. The standard InChI is InChI=1S/C10H15Cl3N2O2S3/c1-9(2)7(18-5-4-6-19-9)14-17-8(16)15(3)20-10(11,12)13/h4-6H2,1-3H3. The molecule has 1 aliphatic rings. The Morgan fingerprint density at radius 2 is 2.10 bits per heavy atom. The van der Waals surface area contributed by atoms with Crippen LogP contribution in [0.25, 0.3) is 0 Å². The second-order valence-corrected chi connectivity index (χ2v) is 11.4. The Morgan fingerprint density at radius 1 is 1.45 bits per heavy atom. The zero-order chi connectivity index (χ0) is 15.4. The largest absolute Gasteiger partial charge is 0.445 e. The summed E-state index contributed by atoms with van der Waals surface area (Å²) in [6, 6.07) is 0. The Morgan fingerprint density at radius 3 is 2.70 bits per heavy atom. The fourth-order valence-electron chi connectivity index (χ4n) is 1.26. The van der Waals surface area contributed by atoms with Crippen LogP contribution < -0.4 is 0 Å². The van der Waals surface area contributed by atoms with Crippen molar-refractivity contribution in [3.05, 3.63) is 0 Å². The lowest BCUT2D eigenvalue weighted by Gasteiger charge is -2.22. The van der Waals surface area contributed by atoms with E-state index in [1.54, 1.807) is 23.5 Å². The molecule has 1 heterocycles. The maximum Gasteiger partial charge on any atom is 0.445 e. The SMILES string of the molecule is CN(SC(Cl)(Cl)Cl)C(=O)ON=C1SCCCSC1(C)C. The minimum absolute atomic E-state index is 0.164. The van der Waals surface area contributed by atoms with Gasteiger partial charge in [0.15, 0.2) is 0 Å². The highest BCUT2D eigenvalue weighted by atomic mass is 35.6. The van der Waals surface area contributed by atoms with E-state index in [9.17, 15) is 4.79 Å². The number of oxime groups is 1. The van der Waals surface area contributed by atoms with Gasteiger partial charge in [-0.3, -0.25) is 4.84 Å². The molecule has 4 nitrogen and oxygen atoms in total. The number of thioether (sulfide) groups is 2. The van der Waals surface area contributed by atoms with Gasteiger partial charge in [-0.2, -0.15) is 0 Å². The van der Waals surface area contributed by atoms with Crippen LogP contribution in [0.1, 0.15) is 20.3 Å². The lowest BCUT2D eigenvalue weighted by atomic mass is 10.2. The molecule has 1 fully saturated rings. The van der Waals surface area contributed by atoms with Gasteiger partial charge in [-0.15, -0.1) is 23.5 Å². The highest BCUT2D eigenvalue weighted by molar-refractivity contribution is 8.17. The summed E-state index contributed by atoms with van der Waals surface area (Å²) in [6.07, 6.45) is 0.425. The molecule has 20 heavy (non-hydrogen) atoms. The van der Waals surface area contributed by atoms with Crippen molar-refractivity contribution in [1.29, 1.82) is 0 Å². The average Bonchev–Trinajstić information content (AvgIpc) is 2.45. The molecular formula is C10H15Cl3N2O2S3. The van der Waals surface area contributed by atoms with Gasteiger partial charge in [-0.05, 0) is 26.0 Å². The van der Waals surface area contributed by atoms with Crippen LogP contribution in [0.2, 0.25) is 0 Å². The normalized spacial score (nSPS) is 21.4. The van der Waals surface area contributed by atoms with E-state index in [1.807, 2.05) is 0 Å². The van der Waals surface area contributed by atoms with Gasteiger partial charge >= 0.3 is 6.09 Å². The second-order valence-electron chi connectivity index (χ2n) is 4.35. The Balaban J connectivity index is 2.63. The molecule has 0 radical (unpaired) electrons. The van der Waals surface area contributed by atoms with Crippen LogP contribution >= 0.6 is 70.3 Å². The van der Waals surface area contributed by atoms with Gasteiger partial charge in [0, 0.05) is 24.7 Å². The molecule has 116 valence electrons. The van der Waals surface area contributed by atoms with E-state index in [-0.39, 0.29) is 4.75 Å². The number of carbonyl (C=O) groups is 1. The summed E-state index contributed by atoms with van der Waals surface area (Å²) >= 11 is 20.9. The topological polar surface area (TPSA) is 41.9 Å². The Labute approximate surface area is 146 Å². The number of alkyl halides is 3. The van der Waals surface area contributed by atoms with Crippen LogP contribution in [0.5, 0.6) is 0 Å². The molecule has 0 unspecified atom stereocenters. The first-order chi connectivity index (χ1) is 9.12. The maximum atomic E-state index is 11.7. The summed E-state index contributed by atoms with van der Waals surface area (Å²) in [4.78, 5) is 16.7. The van der Waals surface area contributed by atoms with Gasteiger partial charge in [0.2, 0.25) is 0 Å². The number of halogens is 3. The predicted octanol–water partition coefficient (Wildman–Crippen LogP) is 4.99. The lowest BCUT2D eigenvalue weighted by Crippen LogP contribution is -2.27. The maximum absolute atomic E-state index is 11.7. The first kappa shape index (κ1) is 18.9. The lowest BCUT2D eigenvalue weighted by molar-refractivity contribution is 0.137. The Hall–Kier alpha value is 0.860. The van der Waals surface area contributed by atoms with Crippen molar-refractivity contribution in [3.8, 4) is 0 Å². The minimum atomic E-state index is -1.62. The quantitative estimate of drug-likeness (QED) is 0.284. The molecule has 0 aromatic carbocycles. The number of hydrogen-bond donors (Lipinski definition) is 0. The van der Waals surface area contributed by atoms with Gasteiger partial charge in [0.05, 0.1) is 4.75 Å². The summed E-state index contributed by atoms with van der Waals surface area (Å²) in [7, 11) is 1.45. The minimum Gasteiger partial charge on any atom is -0.296 e. The van der Waals surface area contributed by atoms with E-state index in [0.29, 0.717) is 0 Å². The molecule has 10 heteroatoms. The van der Waals surface area contributed by atoms with Crippen LogP contribution in [-0.2, 0) is 4.84 Å². The molecular weight excluding hydrogens is 383 g/mol. The van der Waals surface area contributed by atoms with Gasteiger partial charge in [0.25, 0.3) is 3.12 Å². The van der Waals surface area contributed by atoms with Crippen LogP contribution in [0.3, 0.4) is 0 Å². The average molecular weight is 398 g/mol. The number of rotatable bonds is 2. The summed E-state index contributed by atoms with van der Waals surface area (Å²) in [5.74, 6) is 2.03. The molecule has 1 saturated heterocycles. The van der Waals surface area contributed by atoms with E-state index in [2.05, 4.69) is 19.0 Å². The molecule has 0 atom stereocenters. The summed E-state index contributed by atoms with van der Waals surface area (Å²) < 4.78 is -0.686. The number of nitrogens with zero attached hydrogens (tertiary/aromatic N) is 2. The number of amides is 1. The van der Waals surface area contributed by atoms with Crippen LogP contribution in [0.15, 0.2) is 5.16 Å². The molecule has 0 aromatic rings. The second kappa shape index (κ2) is 7.92. The van der Waals surface area contributed by atoms with Crippen molar-refractivity contribution in [2.24, 2.45) is 5.16 Å². The first-order valence-electron chi connectivity index (χ1n) is 5.67. The van der Waals surface area contributed by atoms with Crippen molar-refractivity contribution in [3.63, 3.8) is 0 Å². The molecule has 0 aliphatic carbocycles. The molecule has 0 bridgehead atoms. The summed E-state index contributed by atoms with van der Waals surface area (Å²) in [5.41, 5.74) is 0. The monoisotopic (exact) mass is 396 g/mol. The van der Waals surface area contributed by atoms with Crippen molar-refractivity contribution in [1.82, 2.24) is 4.31 Å². The van der Waals surface area contributed by atoms with Crippen LogP contribution in [-0.4, -0.2) is 41.9 Å². The van der Waals surface area contributed by atoms with Crippen LogP contribution in [0, 0.1) is 0 Å². The van der Waals surface area contributed by atoms with Crippen molar-refractivity contribution < 1.29 is 9.63 Å². The number of hydrogen-bond acceptors (Lipinski definition) is 6. The fourth-order valence-corrected chi connectivity index (χ4v) is 5.02. The van der Waals surface area contributed by atoms with Crippen LogP contribution in [0.4, 0.5) is 4.79 Å². The Kier molecular flexibility index (Phi) is 7.49. The molecule has 0 aromatic heterocycles. The zero-order valence-electron chi connectivity index (χ0n) is 11.2. The van der Waals surface area contributed by atoms with E-state index >= 15 is 0 Å². The highest BCUT2D eigenvalue weighted by Gasteiger charge is 2.31. The van der Waals surface area contributed by atoms with Gasteiger partial charge < -0.3 is 0 Å². The predicted molar refractivity (Wildman–Crippen MR) is 93.2 cm³/mol.